The first-order valence-electron chi connectivity index (χ1n) is 7.14. The quantitative estimate of drug-likeness (QED) is 0.741. The van der Waals surface area contributed by atoms with E-state index in [1.165, 1.54) is 25.3 Å². The lowest BCUT2D eigenvalue weighted by atomic mass is 9.84. The number of amides is 1. The maximum Gasteiger partial charge on any atom is 0.250 e. The van der Waals surface area contributed by atoms with Crippen molar-refractivity contribution in [3.8, 4) is 0 Å². The summed E-state index contributed by atoms with van der Waals surface area (Å²) in [6.45, 7) is 2.05. The summed E-state index contributed by atoms with van der Waals surface area (Å²) < 4.78 is 13.9. The number of carbonyl (C=O) groups is 1. The van der Waals surface area contributed by atoms with Crippen LogP contribution in [0.1, 0.15) is 49.4 Å². The number of primary amides is 1. The van der Waals surface area contributed by atoms with E-state index in [2.05, 4.69) is 12.2 Å². The fraction of sp³-hybridized carbons (Fsp3) is 0.533. The molecule has 1 aromatic carbocycles. The van der Waals surface area contributed by atoms with Crippen LogP contribution in [0.4, 0.5) is 15.8 Å². The molecule has 0 spiro atoms. The monoisotopic (exact) mass is 279 g/mol. The molecule has 5 heteroatoms. The Morgan fingerprint density at radius 1 is 1.35 bits per heavy atom. The largest absolute Gasteiger partial charge is 0.398 e. The van der Waals surface area contributed by atoms with Crippen LogP contribution in [0.3, 0.4) is 0 Å². The van der Waals surface area contributed by atoms with E-state index in [1.54, 1.807) is 0 Å². The number of hydrogen-bond acceptors (Lipinski definition) is 3. The molecule has 1 aliphatic carbocycles. The highest BCUT2D eigenvalue weighted by Gasteiger charge is 2.21. The van der Waals surface area contributed by atoms with Crippen LogP contribution in [-0.2, 0) is 0 Å². The highest BCUT2D eigenvalue weighted by Crippen LogP contribution is 2.29. The number of anilines is 2. The molecule has 0 aromatic heterocycles. The van der Waals surface area contributed by atoms with E-state index >= 15 is 0 Å². The Labute approximate surface area is 118 Å². The number of nitrogens with two attached hydrogens (primary N) is 2. The van der Waals surface area contributed by atoms with E-state index in [-0.39, 0.29) is 17.3 Å². The first kappa shape index (κ1) is 14.6. The summed E-state index contributed by atoms with van der Waals surface area (Å²) in [6, 6.07) is 2.72. The van der Waals surface area contributed by atoms with Gasteiger partial charge in [0.25, 0.3) is 5.91 Å². The molecule has 0 heterocycles. The van der Waals surface area contributed by atoms with Crippen LogP contribution < -0.4 is 16.8 Å². The summed E-state index contributed by atoms with van der Waals surface area (Å²) in [5, 5.41) is 3.16. The van der Waals surface area contributed by atoms with Crippen LogP contribution in [0.2, 0.25) is 0 Å². The normalized spacial score (nSPS) is 17.7. The third-order valence-electron chi connectivity index (χ3n) is 4.14. The molecule has 1 aliphatic rings. The van der Waals surface area contributed by atoms with Gasteiger partial charge in [-0.25, -0.2) is 4.39 Å². The van der Waals surface area contributed by atoms with Gasteiger partial charge in [-0.15, -0.1) is 0 Å². The van der Waals surface area contributed by atoms with Crippen molar-refractivity contribution in [2.24, 2.45) is 11.7 Å². The van der Waals surface area contributed by atoms with Crippen LogP contribution in [0.5, 0.6) is 0 Å². The lowest BCUT2D eigenvalue weighted by molar-refractivity contribution is 0.100. The van der Waals surface area contributed by atoms with E-state index in [9.17, 15) is 9.18 Å². The number of rotatable bonds is 4. The number of carbonyl (C=O) groups excluding carboxylic acids is 1. The molecule has 0 bridgehead atoms. The molecule has 4 nitrogen and oxygen atoms in total. The standard InChI is InChI=1S/C15H22FN3O/c1-9(10-5-3-2-4-6-10)19-14-7-11(15(18)20)13(17)8-12(14)16/h7-10,19H,2-6,17H2,1H3,(H2,18,20). The second-order valence-electron chi connectivity index (χ2n) is 5.61. The molecular formula is C15H22FN3O. The fourth-order valence-corrected chi connectivity index (χ4v) is 2.91. The zero-order valence-corrected chi connectivity index (χ0v) is 11.8. The Morgan fingerprint density at radius 3 is 2.60 bits per heavy atom. The Morgan fingerprint density at radius 2 is 2.00 bits per heavy atom. The van der Waals surface area contributed by atoms with E-state index in [4.69, 9.17) is 11.5 Å². The predicted molar refractivity (Wildman–Crippen MR) is 79.0 cm³/mol. The number of nitrogens with one attached hydrogen (secondary N) is 1. The third kappa shape index (κ3) is 3.21. The Hall–Kier alpha value is -1.78. The summed E-state index contributed by atoms with van der Waals surface area (Å²) in [4.78, 5) is 11.3. The summed E-state index contributed by atoms with van der Waals surface area (Å²) in [7, 11) is 0. The zero-order chi connectivity index (χ0) is 14.7. The van der Waals surface area contributed by atoms with Gasteiger partial charge in [0.05, 0.1) is 11.3 Å². The summed E-state index contributed by atoms with van der Waals surface area (Å²) in [5.41, 5.74) is 11.4. The molecule has 1 aromatic rings. The zero-order valence-electron chi connectivity index (χ0n) is 11.8. The van der Waals surface area contributed by atoms with Crippen molar-refractivity contribution in [3.63, 3.8) is 0 Å². The van der Waals surface area contributed by atoms with Gasteiger partial charge in [-0.1, -0.05) is 19.3 Å². The van der Waals surface area contributed by atoms with Crippen LogP contribution in [0, 0.1) is 11.7 Å². The van der Waals surface area contributed by atoms with E-state index in [0.717, 1.165) is 18.9 Å². The Bertz CT molecular complexity index is 498. The Balaban J connectivity index is 2.15. The van der Waals surface area contributed by atoms with Crippen LogP contribution in [0.25, 0.3) is 0 Å². The van der Waals surface area contributed by atoms with Crippen LogP contribution in [0.15, 0.2) is 12.1 Å². The van der Waals surface area contributed by atoms with E-state index in [0.29, 0.717) is 11.6 Å². The minimum Gasteiger partial charge on any atom is -0.398 e. The SMILES string of the molecule is CC(Nc1cc(C(N)=O)c(N)cc1F)C1CCCCC1. The van der Waals surface area contributed by atoms with Gasteiger partial charge in [0.2, 0.25) is 0 Å². The van der Waals surface area contributed by atoms with Gasteiger partial charge in [0.1, 0.15) is 5.82 Å². The van der Waals surface area contributed by atoms with Crippen molar-refractivity contribution in [1.82, 2.24) is 0 Å². The van der Waals surface area contributed by atoms with Gasteiger partial charge in [-0.2, -0.15) is 0 Å². The van der Waals surface area contributed by atoms with E-state index < -0.39 is 11.7 Å². The molecule has 0 radical (unpaired) electrons. The summed E-state index contributed by atoms with van der Waals surface area (Å²) >= 11 is 0. The summed E-state index contributed by atoms with van der Waals surface area (Å²) in [6.07, 6.45) is 6.06. The van der Waals surface area contributed by atoms with Crippen LogP contribution in [-0.4, -0.2) is 11.9 Å². The number of benzene rings is 1. The average Bonchev–Trinajstić information content (AvgIpc) is 2.42. The molecule has 110 valence electrons. The van der Waals surface area contributed by atoms with Gasteiger partial charge in [0, 0.05) is 11.7 Å². The first-order valence-corrected chi connectivity index (χ1v) is 7.14. The topological polar surface area (TPSA) is 81.1 Å². The molecule has 2 rings (SSSR count). The maximum absolute atomic E-state index is 13.9. The minimum absolute atomic E-state index is 0.0749. The minimum atomic E-state index is -0.643. The van der Waals surface area contributed by atoms with Gasteiger partial charge in [-0.05, 0) is 37.8 Å². The van der Waals surface area contributed by atoms with Crippen molar-refractivity contribution >= 4 is 17.3 Å². The first-order chi connectivity index (χ1) is 9.49. The molecule has 5 N–H and O–H groups in total. The summed E-state index contributed by atoms with van der Waals surface area (Å²) in [5.74, 6) is -0.552. The molecule has 1 saturated carbocycles. The molecule has 20 heavy (non-hydrogen) atoms. The lowest BCUT2D eigenvalue weighted by Crippen LogP contribution is -2.28. The lowest BCUT2D eigenvalue weighted by Gasteiger charge is -2.29. The number of nitrogen functional groups attached to an aromatic ring is 1. The molecule has 1 fully saturated rings. The second kappa shape index (κ2) is 6.11. The van der Waals surface area contributed by atoms with E-state index in [1.807, 2.05) is 0 Å². The molecule has 1 atom stereocenters. The van der Waals surface area contributed by atoms with Crippen LogP contribution >= 0.6 is 0 Å². The predicted octanol–water partition coefficient (Wildman–Crippen LogP) is 2.89. The second-order valence-corrected chi connectivity index (χ2v) is 5.61. The van der Waals surface area contributed by atoms with Crippen molar-refractivity contribution in [2.45, 2.75) is 45.1 Å². The van der Waals surface area contributed by atoms with Gasteiger partial charge in [-0.3, -0.25) is 4.79 Å². The molecule has 1 amide bonds. The highest BCUT2D eigenvalue weighted by molar-refractivity contribution is 5.99. The molecule has 1 unspecified atom stereocenters. The van der Waals surface area contributed by atoms with Crippen molar-refractivity contribution < 1.29 is 9.18 Å². The molecular weight excluding hydrogens is 257 g/mol. The average molecular weight is 279 g/mol. The van der Waals surface area contributed by atoms with Gasteiger partial charge >= 0.3 is 0 Å². The maximum atomic E-state index is 13.9. The number of halogens is 1. The molecule has 0 saturated heterocycles. The Kier molecular flexibility index (Phi) is 4.47. The van der Waals surface area contributed by atoms with Crippen molar-refractivity contribution in [3.05, 3.63) is 23.5 Å². The number of hydrogen-bond donors (Lipinski definition) is 3. The molecule has 0 aliphatic heterocycles. The van der Waals surface area contributed by atoms with Crippen molar-refractivity contribution in [2.75, 3.05) is 11.1 Å². The van der Waals surface area contributed by atoms with Gasteiger partial charge in [0.15, 0.2) is 0 Å². The highest BCUT2D eigenvalue weighted by atomic mass is 19.1. The smallest absolute Gasteiger partial charge is 0.250 e. The third-order valence-corrected chi connectivity index (χ3v) is 4.14. The fourth-order valence-electron chi connectivity index (χ4n) is 2.91. The van der Waals surface area contributed by atoms with Gasteiger partial charge < -0.3 is 16.8 Å². The van der Waals surface area contributed by atoms with Crippen molar-refractivity contribution in [1.29, 1.82) is 0 Å².